The summed E-state index contributed by atoms with van der Waals surface area (Å²) in [7, 11) is 4.80. The van der Waals surface area contributed by atoms with Gasteiger partial charge < -0.3 is 14.2 Å². The topological polar surface area (TPSA) is 66.4 Å². The van der Waals surface area contributed by atoms with E-state index < -0.39 is 0 Å². The summed E-state index contributed by atoms with van der Waals surface area (Å²) >= 11 is 0. The van der Waals surface area contributed by atoms with Crippen molar-refractivity contribution >= 4 is 0 Å². The van der Waals surface area contributed by atoms with Gasteiger partial charge in [-0.1, -0.05) is 12.1 Å². The second-order valence-corrected chi connectivity index (χ2v) is 6.44. The monoisotopic (exact) mass is 399 g/mol. The Labute approximate surface area is 175 Å². The Morgan fingerprint density at radius 1 is 0.600 bits per heavy atom. The first-order chi connectivity index (χ1) is 14.7. The summed E-state index contributed by atoms with van der Waals surface area (Å²) in [5.41, 5.74) is 4.79. The molecule has 0 saturated carbocycles. The minimum Gasteiger partial charge on any atom is -0.493 e. The van der Waals surface area contributed by atoms with Crippen LogP contribution in [-0.4, -0.2) is 36.3 Å². The molecule has 0 saturated heterocycles. The predicted octanol–water partition coefficient (Wildman–Crippen LogP) is 4.90. The van der Waals surface area contributed by atoms with Gasteiger partial charge in [-0.25, -0.2) is 4.98 Å². The molecule has 1 aromatic carbocycles. The summed E-state index contributed by atoms with van der Waals surface area (Å²) in [5, 5.41) is 0. The van der Waals surface area contributed by atoms with Crippen LogP contribution in [0.4, 0.5) is 0 Å². The Morgan fingerprint density at radius 2 is 1.20 bits per heavy atom. The normalized spacial score (nSPS) is 10.5. The number of methoxy groups -OCH3 is 3. The number of ether oxygens (including phenoxy) is 3. The summed E-state index contributed by atoms with van der Waals surface area (Å²) in [6, 6.07) is 19.3. The SMILES string of the molecule is COc1ccc(-c2cc(-c3ccccn3)nc(-c3ccccn3)c2)c(OC)c1OC. The molecular weight excluding hydrogens is 378 g/mol. The van der Waals surface area contributed by atoms with Gasteiger partial charge in [-0.3, -0.25) is 9.97 Å². The van der Waals surface area contributed by atoms with E-state index >= 15 is 0 Å². The molecule has 4 rings (SSSR count). The van der Waals surface area contributed by atoms with Crippen LogP contribution in [0.3, 0.4) is 0 Å². The van der Waals surface area contributed by atoms with E-state index in [9.17, 15) is 0 Å². The van der Waals surface area contributed by atoms with E-state index in [2.05, 4.69) is 9.97 Å². The maximum atomic E-state index is 5.70. The fraction of sp³-hybridized carbons (Fsp3) is 0.125. The molecule has 3 heterocycles. The van der Waals surface area contributed by atoms with Gasteiger partial charge >= 0.3 is 0 Å². The van der Waals surface area contributed by atoms with Crippen molar-refractivity contribution in [2.45, 2.75) is 0 Å². The second-order valence-electron chi connectivity index (χ2n) is 6.44. The van der Waals surface area contributed by atoms with E-state index in [4.69, 9.17) is 19.2 Å². The number of rotatable bonds is 6. The number of hydrogen-bond donors (Lipinski definition) is 0. The van der Waals surface area contributed by atoms with Crippen LogP contribution in [-0.2, 0) is 0 Å². The Balaban J connectivity index is 1.96. The number of aromatic nitrogens is 3. The molecule has 0 aliphatic rings. The molecule has 0 aliphatic carbocycles. The van der Waals surface area contributed by atoms with E-state index in [1.165, 1.54) is 0 Å². The van der Waals surface area contributed by atoms with Gasteiger partial charge in [0.15, 0.2) is 11.5 Å². The highest BCUT2D eigenvalue weighted by Crippen LogP contribution is 2.45. The second kappa shape index (κ2) is 8.61. The Kier molecular flexibility index (Phi) is 5.57. The molecule has 6 heteroatoms. The highest BCUT2D eigenvalue weighted by Gasteiger charge is 2.19. The molecule has 0 bridgehead atoms. The van der Waals surface area contributed by atoms with Crippen LogP contribution in [0.1, 0.15) is 0 Å². The van der Waals surface area contributed by atoms with Crippen molar-refractivity contribution in [2.75, 3.05) is 21.3 Å². The lowest BCUT2D eigenvalue weighted by molar-refractivity contribution is 0.325. The number of hydrogen-bond acceptors (Lipinski definition) is 6. The van der Waals surface area contributed by atoms with E-state index in [0.717, 1.165) is 33.9 Å². The lowest BCUT2D eigenvalue weighted by atomic mass is 10.0. The molecule has 0 atom stereocenters. The van der Waals surface area contributed by atoms with Gasteiger partial charge in [0.2, 0.25) is 5.75 Å². The zero-order chi connectivity index (χ0) is 20.9. The number of nitrogens with zero attached hydrogens (tertiary/aromatic N) is 3. The highest BCUT2D eigenvalue weighted by molar-refractivity contribution is 5.81. The molecule has 150 valence electrons. The third-order valence-electron chi connectivity index (χ3n) is 4.70. The van der Waals surface area contributed by atoms with Crippen LogP contribution >= 0.6 is 0 Å². The zero-order valence-electron chi connectivity index (χ0n) is 17.0. The van der Waals surface area contributed by atoms with Gasteiger partial charge in [0, 0.05) is 18.0 Å². The van der Waals surface area contributed by atoms with Crippen LogP contribution in [0.15, 0.2) is 73.1 Å². The number of pyridine rings is 3. The summed E-state index contributed by atoms with van der Waals surface area (Å²) < 4.78 is 16.7. The van der Waals surface area contributed by atoms with Crippen LogP contribution in [0.5, 0.6) is 17.2 Å². The van der Waals surface area contributed by atoms with Crippen LogP contribution in [0, 0.1) is 0 Å². The molecule has 0 aliphatic heterocycles. The van der Waals surface area contributed by atoms with Crippen LogP contribution < -0.4 is 14.2 Å². The summed E-state index contributed by atoms with van der Waals surface area (Å²) in [5.74, 6) is 1.72. The first-order valence-corrected chi connectivity index (χ1v) is 9.39. The summed E-state index contributed by atoms with van der Waals surface area (Å²) in [6.45, 7) is 0. The molecule has 30 heavy (non-hydrogen) atoms. The predicted molar refractivity (Wildman–Crippen MR) is 116 cm³/mol. The van der Waals surface area contributed by atoms with Crippen LogP contribution in [0.25, 0.3) is 33.9 Å². The van der Waals surface area contributed by atoms with Gasteiger partial charge in [0.1, 0.15) is 0 Å². The molecule has 0 fully saturated rings. The molecule has 0 N–H and O–H groups in total. The van der Waals surface area contributed by atoms with Crippen molar-refractivity contribution in [1.82, 2.24) is 15.0 Å². The third kappa shape index (κ3) is 3.67. The average molecular weight is 399 g/mol. The summed E-state index contributed by atoms with van der Waals surface area (Å²) in [6.07, 6.45) is 3.50. The molecule has 0 unspecified atom stereocenters. The molecule has 3 aromatic heterocycles. The molecule has 6 nitrogen and oxygen atoms in total. The van der Waals surface area contributed by atoms with E-state index in [0.29, 0.717) is 17.2 Å². The average Bonchev–Trinajstić information content (AvgIpc) is 2.83. The van der Waals surface area contributed by atoms with E-state index in [1.54, 1.807) is 33.7 Å². The van der Waals surface area contributed by atoms with Crippen molar-refractivity contribution in [3.05, 3.63) is 73.1 Å². The minimum absolute atomic E-state index is 0.535. The first-order valence-electron chi connectivity index (χ1n) is 9.39. The van der Waals surface area contributed by atoms with Crippen molar-refractivity contribution in [3.8, 4) is 51.2 Å². The molecule has 4 aromatic rings. The van der Waals surface area contributed by atoms with E-state index in [-0.39, 0.29) is 0 Å². The Bertz CT molecular complexity index is 1090. The van der Waals surface area contributed by atoms with Crippen molar-refractivity contribution in [1.29, 1.82) is 0 Å². The fourth-order valence-electron chi connectivity index (χ4n) is 3.31. The maximum Gasteiger partial charge on any atom is 0.203 e. The lowest BCUT2D eigenvalue weighted by Crippen LogP contribution is -1.98. The molecular formula is C24H21N3O3. The lowest BCUT2D eigenvalue weighted by Gasteiger charge is -2.17. The summed E-state index contributed by atoms with van der Waals surface area (Å²) in [4.78, 5) is 13.7. The van der Waals surface area contributed by atoms with E-state index in [1.807, 2.05) is 60.7 Å². The third-order valence-corrected chi connectivity index (χ3v) is 4.70. The Morgan fingerprint density at radius 3 is 1.67 bits per heavy atom. The van der Waals surface area contributed by atoms with Crippen molar-refractivity contribution in [2.24, 2.45) is 0 Å². The molecule has 0 spiro atoms. The fourth-order valence-corrected chi connectivity index (χ4v) is 3.31. The zero-order valence-corrected chi connectivity index (χ0v) is 17.0. The first kappa shape index (κ1) is 19.4. The molecule has 0 amide bonds. The van der Waals surface area contributed by atoms with Gasteiger partial charge in [-0.05, 0) is 54.1 Å². The quantitative estimate of drug-likeness (QED) is 0.459. The van der Waals surface area contributed by atoms with Crippen molar-refractivity contribution < 1.29 is 14.2 Å². The van der Waals surface area contributed by atoms with Gasteiger partial charge in [-0.2, -0.15) is 0 Å². The Hall–Kier alpha value is -3.93. The highest BCUT2D eigenvalue weighted by atomic mass is 16.5. The van der Waals surface area contributed by atoms with Crippen LogP contribution in [0.2, 0.25) is 0 Å². The minimum atomic E-state index is 0.535. The van der Waals surface area contributed by atoms with Gasteiger partial charge in [0.25, 0.3) is 0 Å². The largest absolute Gasteiger partial charge is 0.493 e. The van der Waals surface area contributed by atoms with Gasteiger partial charge in [0.05, 0.1) is 44.1 Å². The number of benzene rings is 1. The standard InChI is InChI=1S/C24H21N3O3/c1-28-22-11-10-17(23(29-2)24(22)30-3)16-14-20(18-8-4-6-12-25-18)27-21(15-16)19-9-5-7-13-26-19/h4-15H,1-3H3. The molecule has 0 radical (unpaired) electrons. The van der Waals surface area contributed by atoms with Crippen molar-refractivity contribution in [3.63, 3.8) is 0 Å². The maximum absolute atomic E-state index is 5.70. The smallest absolute Gasteiger partial charge is 0.203 e. The van der Waals surface area contributed by atoms with Gasteiger partial charge in [-0.15, -0.1) is 0 Å².